The summed E-state index contributed by atoms with van der Waals surface area (Å²) in [6.45, 7) is 3.17. The van der Waals surface area contributed by atoms with E-state index in [1.54, 1.807) is 0 Å². The van der Waals surface area contributed by atoms with Crippen molar-refractivity contribution < 1.29 is 5.11 Å². The zero-order valence-corrected chi connectivity index (χ0v) is 8.19. The molecule has 0 heterocycles. The van der Waals surface area contributed by atoms with Crippen molar-refractivity contribution in [2.24, 2.45) is 5.41 Å². The Bertz CT molecular complexity index is 181. The molecule has 2 nitrogen and oxygen atoms in total. The summed E-state index contributed by atoms with van der Waals surface area (Å²) in [6.07, 6.45) is 5.27. The second kappa shape index (κ2) is 4.26. The predicted molar refractivity (Wildman–Crippen MR) is 51.0 cm³/mol. The van der Waals surface area contributed by atoms with Crippen LogP contribution in [0, 0.1) is 5.41 Å². The van der Waals surface area contributed by atoms with E-state index in [1.165, 1.54) is 5.57 Å². The molecule has 0 spiro atoms. The van der Waals surface area contributed by atoms with Crippen molar-refractivity contribution in [3.05, 3.63) is 11.6 Å². The topological polar surface area (TPSA) is 32.3 Å². The molecular weight excluding hydrogens is 174 g/mol. The molecule has 0 aromatic heterocycles. The van der Waals surface area contributed by atoms with E-state index in [9.17, 15) is 0 Å². The van der Waals surface area contributed by atoms with E-state index < -0.39 is 0 Å². The molecule has 3 heteroatoms. The van der Waals surface area contributed by atoms with Crippen molar-refractivity contribution in [1.82, 2.24) is 4.84 Å². The van der Waals surface area contributed by atoms with Crippen molar-refractivity contribution >= 4 is 11.8 Å². The van der Waals surface area contributed by atoms with Gasteiger partial charge < -0.3 is 5.11 Å². The average molecular weight is 190 g/mol. The summed E-state index contributed by atoms with van der Waals surface area (Å²) in [5.74, 6) is 0. The quantitative estimate of drug-likeness (QED) is 0.525. The largest absolute Gasteiger partial charge is 0.396 e. The van der Waals surface area contributed by atoms with Crippen LogP contribution in [0.4, 0.5) is 0 Å². The first-order chi connectivity index (χ1) is 5.70. The van der Waals surface area contributed by atoms with Crippen LogP contribution < -0.4 is 4.84 Å². The molecule has 0 saturated heterocycles. The van der Waals surface area contributed by atoms with E-state index in [1.807, 2.05) is 0 Å². The monoisotopic (exact) mass is 189 g/mol. The van der Waals surface area contributed by atoms with Gasteiger partial charge in [-0.15, -0.1) is 0 Å². The molecule has 0 radical (unpaired) electrons. The van der Waals surface area contributed by atoms with Crippen LogP contribution >= 0.6 is 11.8 Å². The Hall–Kier alpha value is -0.0500. The van der Waals surface area contributed by atoms with Gasteiger partial charge >= 0.3 is 0 Å². The molecule has 0 saturated carbocycles. The zero-order chi connectivity index (χ0) is 9.03. The fourth-order valence-corrected chi connectivity index (χ4v) is 1.62. The van der Waals surface area contributed by atoms with Gasteiger partial charge in [0.25, 0.3) is 0 Å². The minimum Gasteiger partial charge on any atom is -0.396 e. The van der Waals surface area contributed by atoms with Gasteiger partial charge in [0, 0.05) is 13.2 Å². The van der Waals surface area contributed by atoms with Crippen LogP contribution in [0.15, 0.2) is 11.6 Å². The normalized spacial score (nSPS) is 30.1. The molecule has 1 aliphatic rings. The summed E-state index contributed by atoms with van der Waals surface area (Å²) in [5.41, 5.74) is 1.46. The summed E-state index contributed by atoms with van der Waals surface area (Å²) in [7, 11) is 0. The number of nitrogens with one attached hydrogen (secondary N) is 1. The van der Waals surface area contributed by atoms with Crippen molar-refractivity contribution in [3.8, 4) is 0 Å². The Morgan fingerprint density at radius 1 is 1.75 bits per heavy atom. The minimum absolute atomic E-state index is 0.107. The van der Waals surface area contributed by atoms with Crippen LogP contribution in [0.2, 0.25) is 0 Å². The molecule has 1 atom stereocenters. The van der Waals surface area contributed by atoms with E-state index in [2.05, 4.69) is 17.8 Å². The molecule has 70 valence electrons. The van der Waals surface area contributed by atoms with E-state index in [0.717, 1.165) is 25.8 Å². The summed E-state index contributed by atoms with van der Waals surface area (Å²) in [6, 6.07) is 0. The molecule has 12 heavy (non-hydrogen) atoms. The van der Waals surface area contributed by atoms with E-state index in [4.69, 9.17) is 16.9 Å². The van der Waals surface area contributed by atoms with E-state index in [-0.39, 0.29) is 12.0 Å². The highest BCUT2D eigenvalue weighted by molar-refractivity contribution is 6.13. The summed E-state index contributed by atoms with van der Waals surface area (Å²) >= 11 is 5.40. The highest BCUT2D eigenvalue weighted by atomic mass is 35.5. The third kappa shape index (κ3) is 2.47. The maximum atomic E-state index is 9.10. The first-order valence-electron chi connectivity index (χ1n) is 4.32. The maximum absolute atomic E-state index is 9.10. The molecule has 0 aromatic rings. The van der Waals surface area contributed by atoms with Crippen LogP contribution in [-0.2, 0) is 0 Å². The van der Waals surface area contributed by atoms with Crippen LogP contribution in [-0.4, -0.2) is 18.3 Å². The Morgan fingerprint density at radius 3 is 2.92 bits per heavy atom. The first kappa shape index (κ1) is 10.0. The van der Waals surface area contributed by atoms with Gasteiger partial charge in [0.05, 0.1) is 0 Å². The van der Waals surface area contributed by atoms with Crippen LogP contribution in [0.1, 0.15) is 26.2 Å². The molecule has 0 bridgehead atoms. The molecule has 2 N–H and O–H groups in total. The molecule has 1 rings (SSSR count). The van der Waals surface area contributed by atoms with Gasteiger partial charge in [0.15, 0.2) is 0 Å². The second-order valence-corrected chi connectivity index (χ2v) is 4.11. The van der Waals surface area contributed by atoms with Crippen LogP contribution in [0.3, 0.4) is 0 Å². The highest BCUT2D eigenvalue weighted by Gasteiger charge is 2.25. The summed E-state index contributed by atoms with van der Waals surface area (Å²) in [4.78, 5) is 2.62. The molecule has 1 aliphatic carbocycles. The number of allylic oxidation sites excluding steroid dienone is 1. The lowest BCUT2D eigenvalue weighted by Gasteiger charge is -2.30. The van der Waals surface area contributed by atoms with Crippen molar-refractivity contribution in [1.29, 1.82) is 0 Å². The smallest absolute Gasteiger partial charge is 0.0487 e. The van der Waals surface area contributed by atoms with Gasteiger partial charge in [-0.2, -0.15) is 0 Å². The predicted octanol–water partition coefficient (Wildman–Crippen LogP) is 1.84. The van der Waals surface area contributed by atoms with E-state index in [0.29, 0.717) is 0 Å². The van der Waals surface area contributed by atoms with Crippen molar-refractivity contribution in [2.45, 2.75) is 26.2 Å². The second-order valence-electron chi connectivity index (χ2n) is 3.85. The molecule has 0 fully saturated rings. The standard InChI is InChI=1S/C9H16ClNO/c1-9(7-12)4-2-8(3-5-9)6-11-10/h2,11-12H,3-7H2,1H3. The van der Waals surface area contributed by atoms with Gasteiger partial charge in [-0.3, -0.25) is 0 Å². The van der Waals surface area contributed by atoms with Gasteiger partial charge in [0.2, 0.25) is 0 Å². The maximum Gasteiger partial charge on any atom is 0.0487 e. The Balaban J connectivity index is 2.46. The van der Waals surface area contributed by atoms with Crippen molar-refractivity contribution in [3.63, 3.8) is 0 Å². The fraction of sp³-hybridized carbons (Fsp3) is 0.778. The van der Waals surface area contributed by atoms with Gasteiger partial charge in [-0.05, 0) is 36.5 Å². The molecule has 0 amide bonds. The fourth-order valence-electron chi connectivity index (χ4n) is 1.45. The van der Waals surface area contributed by atoms with Crippen molar-refractivity contribution in [2.75, 3.05) is 13.2 Å². The molecule has 0 aliphatic heterocycles. The van der Waals surface area contributed by atoms with Gasteiger partial charge in [-0.25, -0.2) is 4.84 Å². The lowest BCUT2D eigenvalue weighted by atomic mass is 9.77. The molecular formula is C9H16ClNO. The molecule has 1 unspecified atom stereocenters. The summed E-state index contributed by atoms with van der Waals surface area (Å²) in [5, 5.41) is 9.10. The Labute approximate surface area is 78.7 Å². The lowest BCUT2D eigenvalue weighted by Crippen LogP contribution is -2.24. The average Bonchev–Trinajstić information content (AvgIpc) is 2.10. The SMILES string of the molecule is CC1(CO)CC=C(CNCl)CC1. The number of hydrogen-bond acceptors (Lipinski definition) is 2. The van der Waals surface area contributed by atoms with Crippen LogP contribution in [0.5, 0.6) is 0 Å². The molecule has 0 aromatic carbocycles. The minimum atomic E-state index is 0.107. The number of rotatable bonds is 3. The Kier molecular flexibility index (Phi) is 3.56. The number of aliphatic hydroxyl groups is 1. The third-order valence-corrected chi connectivity index (χ3v) is 2.74. The van der Waals surface area contributed by atoms with Gasteiger partial charge in [0.1, 0.15) is 0 Å². The van der Waals surface area contributed by atoms with Crippen LogP contribution in [0.25, 0.3) is 0 Å². The number of aliphatic hydroxyl groups excluding tert-OH is 1. The van der Waals surface area contributed by atoms with E-state index >= 15 is 0 Å². The zero-order valence-electron chi connectivity index (χ0n) is 7.44. The lowest BCUT2D eigenvalue weighted by molar-refractivity contribution is 0.130. The highest BCUT2D eigenvalue weighted by Crippen LogP contribution is 2.33. The Morgan fingerprint density at radius 2 is 2.50 bits per heavy atom. The third-order valence-electron chi connectivity index (χ3n) is 2.61. The number of halogens is 1. The first-order valence-corrected chi connectivity index (χ1v) is 4.70. The summed E-state index contributed by atoms with van der Waals surface area (Å²) < 4.78 is 0. The number of hydrogen-bond donors (Lipinski definition) is 2. The van der Waals surface area contributed by atoms with Gasteiger partial charge in [-0.1, -0.05) is 18.6 Å².